The number of rotatable bonds is 1. The minimum atomic E-state index is -1.63. The number of nitrogens with zero attached hydrogens (tertiary/aromatic N) is 4. The molecule has 7 heteroatoms. The zero-order chi connectivity index (χ0) is 8.55. The quantitative estimate of drug-likeness (QED) is 0.506. The standard InChI is InChI=1S/C5H5BN4O2/c11-6(12)10-3-7-1-4-5(10)9-2-8-4/h1-3,11-12H. The Labute approximate surface area is 68.0 Å². The molecule has 0 spiro atoms. The molecular weight excluding hydrogens is 159 g/mol. The first-order chi connectivity index (χ1) is 5.79. The van der Waals surface area contributed by atoms with Gasteiger partial charge in [-0.2, -0.15) is 0 Å². The summed E-state index contributed by atoms with van der Waals surface area (Å²) in [7, 11) is -1.63. The van der Waals surface area contributed by atoms with Crippen LogP contribution >= 0.6 is 0 Å². The first-order valence-corrected chi connectivity index (χ1v) is 3.28. The SMILES string of the molecule is OB(O)n1cncc2ncnc1-2. The maximum atomic E-state index is 8.85. The molecule has 2 aliphatic heterocycles. The number of aromatic nitrogens is 4. The molecule has 0 saturated carbocycles. The van der Waals surface area contributed by atoms with E-state index in [1.54, 1.807) is 0 Å². The normalized spacial score (nSPS) is 10.5. The van der Waals surface area contributed by atoms with Gasteiger partial charge in [-0.05, 0) is 0 Å². The third kappa shape index (κ3) is 0.954. The number of hydrogen-bond donors (Lipinski definition) is 2. The topological polar surface area (TPSA) is 84.1 Å². The van der Waals surface area contributed by atoms with E-state index >= 15 is 0 Å². The molecule has 2 N–H and O–H groups in total. The van der Waals surface area contributed by atoms with Crippen molar-refractivity contribution in [1.82, 2.24) is 19.4 Å². The van der Waals surface area contributed by atoms with Crippen molar-refractivity contribution < 1.29 is 10.0 Å². The van der Waals surface area contributed by atoms with Crippen LogP contribution in [0.25, 0.3) is 11.5 Å². The molecule has 12 heavy (non-hydrogen) atoms. The fourth-order valence-corrected chi connectivity index (χ4v) is 0.959. The molecule has 0 aromatic heterocycles. The highest BCUT2D eigenvalue weighted by Gasteiger charge is 2.18. The predicted molar refractivity (Wildman–Crippen MR) is 40.0 cm³/mol. The van der Waals surface area contributed by atoms with Gasteiger partial charge in [0.05, 0.1) is 12.5 Å². The van der Waals surface area contributed by atoms with Crippen LogP contribution in [0, 0.1) is 0 Å². The molecule has 0 radical (unpaired) electrons. The fraction of sp³-hybridized carbons (Fsp3) is 0. The fourth-order valence-electron chi connectivity index (χ4n) is 0.959. The Morgan fingerprint density at radius 2 is 2.17 bits per heavy atom. The van der Waals surface area contributed by atoms with E-state index in [2.05, 4.69) is 15.0 Å². The monoisotopic (exact) mass is 164 g/mol. The summed E-state index contributed by atoms with van der Waals surface area (Å²) in [5.41, 5.74) is 0.533. The van der Waals surface area contributed by atoms with Gasteiger partial charge in [0, 0.05) is 0 Å². The van der Waals surface area contributed by atoms with Crippen molar-refractivity contribution in [3.8, 4) is 11.5 Å². The Hall–Kier alpha value is -1.47. The zero-order valence-electron chi connectivity index (χ0n) is 5.99. The lowest BCUT2D eigenvalue weighted by Gasteiger charge is -2.06. The van der Waals surface area contributed by atoms with Gasteiger partial charge in [0.15, 0.2) is 5.82 Å². The van der Waals surface area contributed by atoms with E-state index in [-0.39, 0.29) is 0 Å². The molecule has 0 unspecified atom stereocenters. The Kier molecular flexibility index (Phi) is 1.52. The van der Waals surface area contributed by atoms with Gasteiger partial charge < -0.3 is 14.5 Å². The van der Waals surface area contributed by atoms with Crippen molar-refractivity contribution in [1.29, 1.82) is 0 Å². The van der Waals surface area contributed by atoms with Crippen LogP contribution < -0.4 is 0 Å². The summed E-state index contributed by atoms with van der Waals surface area (Å²) >= 11 is 0. The van der Waals surface area contributed by atoms with Gasteiger partial charge in [0.2, 0.25) is 0 Å². The van der Waals surface area contributed by atoms with Crippen molar-refractivity contribution >= 4 is 7.25 Å². The predicted octanol–water partition coefficient (Wildman–Crippen LogP) is -1.40. The van der Waals surface area contributed by atoms with Crippen LogP contribution in [0.2, 0.25) is 0 Å². The second-order valence-electron chi connectivity index (χ2n) is 2.23. The number of imidazole rings is 1. The van der Waals surface area contributed by atoms with Crippen LogP contribution in [0.15, 0.2) is 18.9 Å². The lowest BCUT2D eigenvalue weighted by Crippen LogP contribution is -2.26. The van der Waals surface area contributed by atoms with E-state index < -0.39 is 7.25 Å². The van der Waals surface area contributed by atoms with Crippen molar-refractivity contribution in [2.45, 2.75) is 0 Å². The Balaban J connectivity index is 2.63. The Morgan fingerprint density at radius 3 is 2.92 bits per heavy atom. The molecule has 0 saturated heterocycles. The highest BCUT2D eigenvalue weighted by atomic mass is 16.4. The highest BCUT2D eigenvalue weighted by molar-refractivity contribution is 6.39. The zero-order valence-corrected chi connectivity index (χ0v) is 5.99. The Bertz CT molecular complexity index is 363. The third-order valence-corrected chi connectivity index (χ3v) is 1.49. The van der Waals surface area contributed by atoms with Crippen molar-refractivity contribution in [2.24, 2.45) is 0 Å². The molecule has 0 fully saturated rings. The largest absolute Gasteiger partial charge is 0.594 e. The van der Waals surface area contributed by atoms with Gasteiger partial charge in [-0.25, -0.2) is 15.0 Å². The molecule has 0 amide bonds. The molecule has 0 aromatic carbocycles. The van der Waals surface area contributed by atoms with Crippen LogP contribution in [-0.4, -0.2) is 36.7 Å². The van der Waals surface area contributed by atoms with Crippen molar-refractivity contribution in [3.63, 3.8) is 0 Å². The summed E-state index contributed by atoms with van der Waals surface area (Å²) < 4.78 is 1.11. The average Bonchev–Trinajstić information content (AvgIpc) is 2.49. The first kappa shape index (κ1) is 7.20. The lowest BCUT2D eigenvalue weighted by molar-refractivity contribution is 0.390. The maximum absolute atomic E-state index is 8.85. The molecule has 0 aromatic rings. The van der Waals surface area contributed by atoms with Gasteiger partial charge in [-0.1, -0.05) is 0 Å². The second kappa shape index (κ2) is 2.54. The Morgan fingerprint density at radius 1 is 1.33 bits per heavy atom. The van der Waals surface area contributed by atoms with Gasteiger partial charge in [0.1, 0.15) is 12.0 Å². The van der Waals surface area contributed by atoms with Crippen molar-refractivity contribution in [3.05, 3.63) is 18.9 Å². The highest BCUT2D eigenvalue weighted by Crippen LogP contribution is 2.13. The third-order valence-electron chi connectivity index (χ3n) is 1.49. The average molecular weight is 164 g/mol. The van der Waals surface area contributed by atoms with Gasteiger partial charge in [-0.15, -0.1) is 0 Å². The summed E-state index contributed by atoms with van der Waals surface area (Å²) in [6.07, 6.45) is 4.12. The van der Waals surface area contributed by atoms with E-state index in [1.165, 1.54) is 18.9 Å². The van der Waals surface area contributed by atoms with Crippen LogP contribution in [0.4, 0.5) is 0 Å². The van der Waals surface area contributed by atoms with Crippen LogP contribution in [0.5, 0.6) is 0 Å². The van der Waals surface area contributed by atoms with Crippen LogP contribution in [-0.2, 0) is 0 Å². The summed E-state index contributed by atoms with van der Waals surface area (Å²) in [6.45, 7) is 0. The molecule has 0 aliphatic carbocycles. The molecule has 6 nitrogen and oxygen atoms in total. The van der Waals surface area contributed by atoms with Crippen molar-refractivity contribution in [2.75, 3.05) is 0 Å². The van der Waals surface area contributed by atoms with Gasteiger partial charge in [-0.3, -0.25) is 0 Å². The van der Waals surface area contributed by atoms with E-state index in [0.29, 0.717) is 11.5 Å². The summed E-state index contributed by atoms with van der Waals surface area (Å²) in [4.78, 5) is 11.4. The molecule has 2 aliphatic rings. The first-order valence-electron chi connectivity index (χ1n) is 3.28. The van der Waals surface area contributed by atoms with E-state index in [9.17, 15) is 0 Å². The molecular formula is C5H5BN4O2. The van der Waals surface area contributed by atoms with Crippen LogP contribution in [0.1, 0.15) is 0 Å². The molecule has 0 bridgehead atoms. The van der Waals surface area contributed by atoms with Gasteiger partial charge in [0.25, 0.3) is 0 Å². The smallest absolute Gasteiger partial charge is 0.407 e. The number of hydrogen-bond acceptors (Lipinski definition) is 5. The van der Waals surface area contributed by atoms with E-state index in [0.717, 1.165) is 4.48 Å². The summed E-state index contributed by atoms with van der Waals surface area (Å²) in [6, 6.07) is 0. The molecule has 60 valence electrons. The van der Waals surface area contributed by atoms with Gasteiger partial charge >= 0.3 is 7.25 Å². The number of fused-ring (bicyclic) bond motifs is 1. The minimum Gasteiger partial charge on any atom is -0.407 e. The van der Waals surface area contributed by atoms with Crippen LogP contribution in [0.3, 0.4) is 0 Å². The summed E-state index contributed by atoms with van der Waals surface area (Å²) in [5.74, 6) is 0.403. The lowest BCUT2D eigenvalue weighted by atomic mass is 10.1. The maximum Gasteiger partial charge on any atom is 0.594 e. The molecule has 0 atom stereocenters. The molecule has 2 rings (SSSR count). The summed E-state index contributed by atoms with van der Waals surface area (Å²) in [5, 5.41) is 17.7. The van der Waals surface area contributed by atoms with E-state index in [4.69, 9.17) is 10.0 Å². The minimum absolute atomic E-state index is 0.403. The van der Waals surface area contributed by atoms with E-state index in [1.807, 2.05) is 0 Å². The molecule has 2 heterocycles. The second-order valence-corrected chi connectivity index (χ2v) is 2.23.